The van der Waals surface area contributed by atoms with Crippen molar-refractivity contribution in [2.45, 2.75) is 12.3 Å². The van der Waals surface area contributed by atoms with Crippen LogP contribution in [0, 0.1) is 0 Å². The molecule has 1 unspecified atom stereocenters. The Bertz CT molecular complexity index is 314. The topological polar surface area (TPSA) is 63.3 Å². The number of carboxylic acids is 1. The second kappa shape index (κ2) is 6.67. The first-order valence-corrected chi connectivity index (χ1v) is 4.68. The summed E-state index contributed by atoms with van der Waals surface area (Å²) in [6.45, 7) is 0.327. The van der Waals surface area contributed by atoms with Gasteiger partial charge < -0.3 is 10.8 Å². The van der Waals surface area contributed by atoms with Crippen LogP contribution >= 0.6 is 24.0 Å². The molecule has 15 heavy (non-hydrogen) atoms. The zero-order valence-corrected chi connectivity index (χ0v) is 9.59. The van der Waals surface area contributed by atoms with Crippen molar-refractivity contribution in [2.75, 3.05) is 6.54 Å². The molecule has 0 aliphatic carbocycles. The molecule has 0 radical (unpaired) electrons. The van der Waals surface area contributed by atoms with Crippen molar-refractivity contribution in [2.24, 2.45) is 5.73 Å². The monoisotopic (exact) mass is 255 g/mol. The highest BCUT2D eigenvalue weighted by Gasteiger charge is 2.13. The van der Waals surface area contributed by atoms with Gasteiger partial charge in [0, 0.05) is 10.9 Å². The van der Waals surface area contributed by atoms with Gasteiger partial charge in [-0.25, -0.2) is 0 Å². The number of hydrogen-bond acceptors (Lipinski definition) is 2. The summed E-state index contributed by atoms with van der Waals surface area (Å²) in [5, 5.41) is 9.29. The van der Waals surface area contributed by atoms with E-state index in [9.17, 15) is 4.79 Å². The number of rotatable bonds is 4. The van der Waals surface area contributed by atoms with Crippen molar-refractivity contribution in [3.8, 4) is 0 Å². The van der Waals surface area contributed by atoms with Crippen LogP contribution < -0.4 is 5.73 Å². The van der Waals surface area contributed by atoms with Crippen LogP contribution in [-0.2, 0) is 4.79 Å². The van der Waals surface area contributed by atoms with Gasteiger partial charge in [0.2, 0.25) is 0 Å². The number of aliphatic carboxylic acids is 1. The predicted molar refractivity (Wildman–Crippen MR) is 62.7 cm³/mol. The van der Waals surface area contributed by atoms with Gasteiger partial charge in [-0.2, -0.15) is 0 Å². The van der Waals surface area contributed by atoms with Gasteiger partial charge in [0.25, 0.3) is 0 Å². The first kappa shape index (κ1) is 14.2. The van der Waals surface area contributed by atoms with E-state index < -0.39 is 5.97 Å². The summed E-state index contributed by atoms with van der Waals surface area (Å²) in [5.74, 6) is -0.972. The smallest absolute Gasteiger partial charge is 0.304 e. The highest BCUT2D eigenvalue weighted by atomic mass is 35.5. The van der Waals surface area contributed by atoms with E-state index in [2.05, 4.69) is 0 Å². The van der Waals surface area contributed by atoms with E-state index in [-0.39, 0.29) is 24.7 Å². The van der Waals surface area contributed by atoms with E-state index in [1.165, 1.54) is 0 Å². The van der Waals surface area contributed by atoms with Gasteiger partial charge in [-0.15, -0.1) is 12.4 Å². The molecular weight excluding hydrogens is 243 g/mol. The number of benzene rings is 1. The van der Waals surface area contributed by atoms with Crippen LogP contribution in [0.15, 0.2) is 24.3 Å². The Kier molecular flexibility index (Phi) is 6.32. The minimum atomic E-state index is -0.838. The summed E-state index contributed by atoms with van der Waals surface area (Å²) in [5.41, 5.74) is 6.41. The molecule has 3 nitrogen and oxygen atoms in total. The Morgan fingerprint density at radius 2 is 1.93 bits per heavy atom. The van der Waals surface area contributed by atoms with Crippen molar-refractivity contribution >= 4 is 30.0 Å². The molecule has 3 N–H and O–H groups in total. The zero-order chi connectivity index (χ0) is 10.6. The predicted octanol–water partition coefficient (Wildman–Crippen LogP) is 2.28. The number of carboxylic acid groups (broad SMARTS) is 1. The summed E-state index contributed by atoms with van der Waals surface area (Å²) in [6, 6.07) is 7.09. The fraction of sp³-hybridized carbons (Fsp3) is 0.300. The maximum absolute atomic E-state index is 10.5. The Hall–Kier alpha value is -0.770. The minimum absolute atomic E-state index is 0. The Labute approximate surface area is 99.6 Å². The summed E-state index contributed by atoms with van der Waals surface area (Å²) in [7, 11) is 0. The van der Waals surface area contributed by atoms with Crippen molar-refractivity contribution in [1.29, 1.82) is 0 Å². The third kappa shape index (κ3) is 4.51. The molecule has 0 heterocycles. The van der Waals surface area contributed by atoms with E-state index in [1.807, 2.05) is 12.1 Å². The quantitative estimate of drug-likeness (QED) is 0.868. The minimum Gasteiger partial charge on any atom is -0.481 e. The lowest BCUT2D eigenvalue weighted by Gasteiger charge is -2.12. The molecule has 1 aromatic rings. The van der Waals surface area contributed by atoms with Crippen LogP contribution in [0.25, 0.3) is 0 Å². The molecule has 0 aromatic heterocycles. The van der Waals surface area contributed by atoms with Crippen LogP contribution in [-0.4, -0.2) is 17.6 Å². The van der Waals surface area contributed by atoms with E-state index in [1.54, 1.807) is 12.1 Å². The van der Waals surface area contributed by atoms with Gasteiger partial charge in [0.05, 0.1) is 6.42 Å². The first-order chi connectivity index (χ1) is 6.63. The lowest BCUT2D eigenvalue weighted by Crippen LogP contribution is -2.16. The van der Waals surface area contributed by atoms with E-state index >= 15 is 0 Å². The molecule has 0 aliphatic rings. The summed E-state index contributed by atoms with van der Waals surface area (Å²) < 4.78 is 0. The highest BCUT2D eigenvalue weighted by Crippen LogP contribution is 2.20. The Morgan fingerprint density at radius 3 is 2.33 bits per heavy atom. The number of hydrogen-bond donors (Lipinski definition) is 2. The Balaban J connectivity index is 0.00000196. The fourth-order valence-corrected chi connectivity index (χ4v) is 1.41. The van der Waals surface area contributed by atoms with Gasteiger partial charge in [-0.1, -0.05) is 23.7 Å². The van der Waals surface area contributed by atoms with Gasteiger partial charge in [0.1, 0.15) is 0 Å². The maximum Gasteiger partial charge on any atom is 0.304 e. The summed E-state index contributed by atoms with van der Waals surface area (Å²) >= 11 is 5.72. The molecular formula is C10H13Cl2NO2. The fourth-order valence-electron chi connectivity index (χ4n) is 1.28. The SMILES string of the molecule is Cl.NCC(CC(=O)O)[13c]1[13cH][13cH][13c](Cl)[13cH][13cH]1. The van der Waals surface area contributed by atoms with Crippen molar-refractivity contribution in [3.63, 3.8) is 0 Å². The molecule has 0 aliphatic heterocycles. The summed E-state index contributed by atoms with van der Waals surface area (Å²) in [4.78, 5) is 10.5. The second-order valence-electron chi connectivity index (χ2n) is 3.08. The lowest BCUT2D eigenvalue weighted by molar-refractivity contribution is -0.137. The standard InChI is InChI=1S/C10H12ClNO2.ClH/c11-9-3-1-7(2-4-9)8(6-12)5-10(13)14;/h1-4,8H,5-6,12H2,(H,13,14);1H/i1+1,2+1,3+1,4+1,7+1,9+1;. The zero-order valence-electron chi connectivity index (χ0n) is 8.02. The number of halogens is 2. The molecule has 0 fully saturated rings. The largest absolute Gasteiger partial charge is 0.481 e. The second-order valence-corrected chi connectivity index (χ2v) is 3.52. The van der Waals surface area contributed by atoms with Crippen LogP contribution in [0.2, 0.25) is 5.02 Å². The third-order valence-corrected chi connectivity index (χ3v) is 2.30. The Morgan fingerprint density at radius 1 is 1.40 bits per heavy atom. The average Bonchev–Trinajstić information content (AvgIpc) is 2.15. The number of nitrogens with two attached hydrogens (primary N) is 1. The molecule has 1 rings (SSSR count). The molecule has 84 valence electrons. The number of carbonyl (C=O) groups is 1. The van der Waals surface area contributed by atoms with Crippen LogP contribution in [0.3, 0.4) is 0 Å². The van der Waals surface area contributed by atoms with Gasteiger partial charge in [-0.05, 0) is 24.2 Å². The average molecular weight is 256 g/mol. The van der Waals surface area contributed by atoms with Gasteiger partial charge in [0.15, 0.2) is 0 Å². The maximum atomic E-state index is 10.5. The molecule has 1 aromatic carbocycles. The van der Waals surface area contributed by atoms with Crippen molar-refractivity contribution < 1.29 is 9.90 Å². The van der Waals surface area contributed by atoms with E-state index in [0.29, 0.717) is 11.6 Å². The molecule has 0 spiro atoms. The van der Waals surface area contributed by atoms with Crippen molar-refractivity contribution in [1.82, 2.24) is 0 Å². The van der Waals surface area contributed by atoms with Crippen LogP contribution in [0.4, 0.5) is 0 Å². The first-order valence-electron chi connectivity index (χ1n) is 4.31. The molecule has 5 heteroatoms. The van der Waals surface area contributed by atoms with E-state index in [0.717, 1.165) is 5.56 Å². The molecule has 0 bridgehead atoms. The summed E-state index contributed by atoms with van der Waals surface area (Å²) in [6.07, 6.45) is 0.0537. The third-order valence-electron chi connectivity index (χ3n) is 2.05. The molecule has 1 atom stereocenters. The van der Waals surface area contributed by atoms with Crippen LogP contribution in [0.1, 0.15) is 17.9 Å². The molecule has 0 amide bonds. The van der Waals surface area contributed by atoms with Crippen molar-refractivity contribution in [3.05, 3.63) is 34.9 Å². The molecule has 0 saturated heterocycles. The molecule has 0 saturated carbocycles. The highest BCUT2D eigenvalue weighted by molar-refractivity contribution is 6.30. The van der Waals surface area contributed by atoms with Gasteiger partial charge >= 0.3 is 5.97 Å². The normalized spacial score (nSPS) is 11.6. The lowest BCUT2D eigenvalue weighted by atomic mass is 10.2. The van der Waals surface area contributed by atoms with Gasteiger partial charge in [-0.3, -0.25) is 4.79 Å². The van der Waals surface area contributed by atoms with Crippen LogP contribution in [0.5, 0.6) is 0 Å². The van der Waals surface area contributed by atoms with E-state index in [4.69, 9.17) is 22.4 Å².